The average Bonchev–Trinajstić information content (AvgIpc) is 3.40. The van der Waals surface area contributed by atoms with Crippen molar-refractivity contribution in [3.63, 3.8) is 0 Å². The Balaban J connectivity index is 1.42. The highest BCUT2D eigenvalue weighted by atomic mass is 16.3. The summed E-state index contributed by atoms with van der Waals surface area (Å²) in [6.07, 6.45) is 1.61. The summed E-state index contributed by atoms with van der Waals surface area (Å²) >= 11 is 0. The Kier molecular flexibility index (Phi) is 3.52. The highest BCUT2D eigenvalue weighted by molar-refractivity contribution is 6.09. The molecule has 0 N–H and O–H groups in total. The van der Waals surface area contributed by atoms with Gasteiger partial charge in [-0.15, -0.1) is 0 Å². The number of nitrogens with zero attached hydrogens (tertiary/aromatic N) is 3. The zero-order valence-corrected chi connectivity index (χ0v) is 17.1. The molecule has 0 bridgehead atoms. The number of hydrogen-bond acceptors (Lipinski definition) is 3. The van der Waals surface area contributed by atoms with E-state index in [4.69, 9.17) is 4.42 Å². The third kappa shape index (κ3) is 2.38. The van der Waals surface area contributed by atoms with Gasteiger partial charge in [-0.1, -0.05) is 60.7 Å². The largest absolute Gasteiger partial charge is 0.452 e. The Morgan fingerprint density at radius 1 is 0.594 bits per heavy atom. The molecular formula is C28H17N3O. The molecule has 0 atom stereocenters. The van der Waals surface area contributed by atoms with E-state index in [1.165, 1.54) is 21.8 Å². The molecule has 7 aromatic rings. The van der Waals surface area contributed by atoms with Crippen LogP contribution in [0.15, 0.2) is 108 Å². The van der Waals surface area contributed by atoms with Gasteiger partial charge in [0.15, 0.2) is 5.58 Å². The van der Waals surface area contributed by atoms with Gasteiger partial charge < -0.3 is 8.98 Å². The number of hydrogen-bond donors (Lipinski definition) is 0. The van der Waals surface area contributed by atoms with Gasteiger partial charge in [0, 0.05) is 27.4 Å². The predicted molar refractivity (Wildman–Crippen MR) is 129 cm³/mol. The van der Waals surface area contributed by atoms with Crippen molar-refractivity contribution in [2.24, 2.45) is 0 Å². The first-order valence-electron chi connectivity index (χ1n) is 10.6. The lowest BCUT2D eigenvalue weighted by molar-refractivity contribution is 0.667. The lowest BCUT2D eigenvalue weighted by Crippen LogP contribution is -1.94. The van der Waals surface area contributed by atoms with E-state index in [9.17, 15) is 0 Å². The van der Waals surface area contributed by atoms with Crippen molar-refractivity contribution in [1.29, 1.82) is 0 Å². The van der Waals surface area contributed by atoms with Crippen molar-refractivity contribution in [2.75, 3.05) is 0 Å². The lowest BCUT2D eigenvalue weighted by atomic mass is 10.1. The van der Waals surface area contributed by atoms with Crippen LogP contribution in [0.2, 0.25) is 0 Å². The Morgan fingerprint density at radius 2 is 1.22 bits per heavy atom. The predicted octanol–water partition coefficient (Wildman–Crippen LogP) is 7.14. The first kappa shape index (κ1) is 17.3. The number of benzene rings is 4. The van der Waals surface area contributed by atoms with Gasteiger partial charge in [0.05, 0.1) is 11.0 Å². The quantitative estimate of drug-likeness (QED) is 0.304. The molecule has 0 unspecified atom stereocenters. The van der Waals surface area contributed by atoms with Crippen molar-refractivity contribution < 1.29 is 4.42 Å². The monoisotopic (exact) mass is 411 g/mol. The van der Waals surface area contributed by atoms with Gasteiger partial charge in [0.25, 0.3) is 0 Å². The summed E-state index contributed by atoms with van der Waals surface area (Å²) < 4.78 is 8.44. The van der Waals surface area contributed by atoms with Crippen LogP contribution >= 0.6 is 0 Å². The molecule has 32 heavy (non-hydrogen) atoms. The minimum absolute atomic E-state index is 0.721. The minimum Gasteiger partial charge on any atom is -0.452 e. The van der Waals surface area contributed by atoms with E-state index in [0.29, 0.717) is 0 Å². The van der Waals surface area contributed by atoms with Crippen LogP contribution in [0.25, 0.3) is 60.8 Å². The number of rotatable bonds is 2. The van der Waals surface area contributed by atoms with Crippen LogP contribution in [0.5, 0.6) is 0 Å². The molecule has 0 radical (unpaired) electrons. The van der Waals surface area contributed by atoms with E-state index in [-0.39, 0.29) is 0 Å². The average molecular weight is 411 g/mol. The number of para-hydroxylation sites is 3. The fraction of sp³-hybridized carbons (Fsp3) is 0. The number of furan rings is 1. The van der Waals surface area contributed by atoms with Crippen molar-refractivity contribution in [3.05, 3.63) is 103 Å². The molecule has 0 fully saturated rings. The third-order valence-corrected chi connectivity index (χ3v) is 6.14. The van der Waals surface area contributed by atoms with Crippen molar-refractivity contribution in [1.82, 2.24) is 14.5 Å². The maximum atomic E-state index is 6.13. The molecule has 3 heterocycles. The summed E-state index contributed by atoms with van der Waals surface area (Å²) in [4.78, 5) is 9.03. The molecule has 0 amide bonds. The van der Waals surface area contributed by atoms with Crippen LogP contribution < -0.4 is 0 Å². The summed E-state index contributed by atoms with van der Waals surface area (Å²) in [5.41, 5.74) is 7.70. The zero-order valence-electron chi connectivity index (χ0n) is 17.1. The second-order valence-electron chi connectivity index (χ2n) is 7.91. The van der Waals surface area contributed by atoms with Gasteiger partial charge >= 0.3 is 0 Å². The molecular weight excluding hydrogens is 394 g/mol. The summed E-state index contributed by atoms with van der Waals surface area (Å²) in [7, 11) is 0. The van der Waals surface area contributed by atoms with E-state index < -0.39 is 0 Å². The molecule has 4 aromatic carbocycles. The minimum atomic E-state index is 0.721. The normalized spacial score (nSPS) is 11.8. The first-order valence-corrected chi connectivity index (χ1v) is 10.6. The first-order chi connectivity index (χ1) is 15.9. The maximum Gasteiger partial charge on any atom is 0.180 e. The molecule has 150 valence electrons. The van der Waals surface area contributed by atoms with E-state index in [2.05, 4.69) is 87.3 Å². The van der Waals surface area contributed by atoms with Gasteiger partial charge in [0.2, 0.25) is 0 Å². The van der Waals surface area contributed by atoms with Crippen molar-refractivity contribution >= 4 is 43.9 Å². The highest BCUT2D eigenvalue weighted by Crippen LogP contribution is 2.35. The van der Waals surface area contributed by atoms with Crippen LogP contribution in [0.1, 0.15) is 0 Å². The Labute approximate surface area is 183 Å². The molecule has 0 aliphatic rings. The lowest BCUT2D eigenvalue weighted by Gasteiger charge is -2.09. The van der Waals surface area contributed by atoms with Crippen LogP contribution in [0.3, 0.4) is 0 Å². The summed E-state index contributed by atoms with van der Waals surface area (Å²) in [6, 6.07) is 33.5. The van der Waals surface area contributed by atoms with E-state index in [0.717, 1.165) is 39.0 Å². The number of aromatic nitrogens is 3. The molecule has 3 aromatic heterocycles. The van der Waals surface area contributed by atoms with Crippen molar-refractivity contribution in [2.45, 2.75) is 0 Å². The second kappa shape index (κ2) is 6.53. The van der Waals surface area contributed by atoms with Gasteiger partial charge in [-0.3, -0.25) is 0 Å². The van der Waals surface area contributed by atoms with E-state index in [1.54, 1.807) is 6.33 Å². The fourth-order valence-corrected chi connectivity index (χ4v) is 4.70. The van der Waals surface area contributed by atoms with Gasteiger partial charge in [0.1, 0.15) is 23.1 Å². The molecule has 0 aliphatic carbocycles. The Bertz CT molecular complexity index is 1720. The summed E-state index contributed by atoms with van der Waals surface area (Å²) in [5, 5.41) is 3.52. The van der Waals surface area contributed by atoms with Crippen LogP contribution in [0.4, 0.5) is 0 Å². The second-order valence-corrected chi connectivity index (χ2v) is 7.91. The van der Waals surface area contributed by atoms with Gasteiger partial charge in [-0.05, 0) is 36.4 Å². The standard InChI is InChI=1S/C28H17N3O/c1-4-10-23-20(7-1)21-8-2-5-11-24(21)31(23)19-15-13-18(14-16-19)26-28-27(30-17-29-26)22-9-3-6-12-25(22)32-28/h1-17H. The fourth-order valence-electron chi connectivity index (χ4n) is 4.70. The van der Waals surface area contributed by atoms with E-state index in [1.807, 2.05) is 24.3 Å². The van der Waals surface area contributed by atoms with E-state index >= 15 is 0 Å². The summed E-state index contributed by atoms with van der Waals surface area (Å²) in [5.74, 6) is 0. The zero-order chi connectivity index (χ0) is 21.1. The number of fused-ring (bicyclic) bond motifs is 6. The van der Waals surface area contributed by atoms with Gasteiger partial charge in [-0.2, -0.15) is 0 Å². The summed E-state index contributed by atoms with van der Waals surface area (Å²) in [6.45, 7) is 0. The van der Waals surface area contributed by atoms with Crippen LogP contribution in [-0.2, 0) is 0 Å². The topological polar surface area (TPSA) is 43.9 Å². The van der Waals surface area contributed by atoms with Crippen LogP contribution in [0, 0.1) is 0 Å². The molecule has 4 heteroatoms. The van der Waals surface area contributed by atoms with Crippen LogP contribution in [-0.4, -0.2) is 14.5 Å². The Morgan fingerprint density at radius 3 is 1.94 bits per heavy atom. The molecule has 0 saturated heterocycles. The molecule has 4 nitrogen and oxygen atoms in total. The molecule has 0 saturated carbocycles. The molecule has 0 spiro atoms. The molecule has 7 rings (SSSR count). The smallest absolute Gasteiger partial charge is 0.180 e. The SMILES string of the molecule is c1ccc2c(c1)oc1c(-c3ccc(-n4c5ccccc5c5ccccc54)cc3)ncnc12. The Hall–Kier alpha value is -4.44. The van der Waals surface area contributed by atoms with Crippen molar-refractivity contribution in [3.8, 4) is 16.9 Å². The van der Waals surface area contributed by atoms with Gasteiger partial charge in [-0.25, -0.2) is 9.97 Å². The third-order valence-electron chi connectivity index (χ3n) is 6.14. The maximum absolute atomic E-state index is 6.13. The highest BCUT2D eigenvalue weighted by Gasteiger charge is 2.15. The molecule has 0 aliphatic heterocycles.